The number of aromatic amines is 1. The van der Waals surface area contributed by atoms with Gasteiger partial charge in [-0.3, -0.25) is 14.7 Å². The highest BCUT2D eigenvalue weighted by molar-refractivity contribution is 7.99. The molecule has 0 aliphatic heterocycles. The largest absolute Gasteiger partial charge is 0.466 e. The van der Waals surface area contributed by atoms with Crippen molar-refractivity contribution < 1.29 is 9.53 Å². The van der Waals surface area contributed by atoms with Gasteiger partial charge in [-0.1, -0.05) is 54.2 Å². The number of H-pyrrole nitrogens is 1. The lowest BCUT2D eigenvalue weighted by Gasteiger charge is -2.22. The van der Waals surface area contributed by atoms with E-state index in [1.54, 1.807) is 11.8 Å². The number of carbonyl (C=O) groups excluding carboxylic acids is 1. The minimum atomic E-state index is -0.0911. The first-order chi connectivity index (χ1) is 19.1. The molecule has 2 aromatic heterocycles. The molecule has 0 aliphatic rings. The Hall–Kier alpha value is -2.81. The van der Waals surface area contributed by atoms with Crippen LogP contribution in [0.15, 0.2) is 76.9 Å². The van der Waals surface area contributed by atoms with E-state index in [0.29, 0.717) is 13.0 Å². The summed E-state index contributed by atoms with van der Waals surface area (Å²) in [6.45, 7) is 7.43. The molecule has 0 aliphatic carbocycles. The molecule has 0 amide bonds. The molecular weight excluding hydrogens is 525 g/mol. The predicted octanol–water partition coefficient (Wildman–Crippen LogP) is 7.28. The van der Waals surface area contributed by atoms with E-state index in [-0.39, 0.29) is 5.97 Å². The summed E-state index contributed by atoms with van der Waals surface area (Å²) in [5.41, 5.74) is 5.75. The monoisotopic (exact) mass is 562 g/mol. The van der Waals surface area contributed by atoms with Gasteiger partial charge in [0.15, 0.2) is 5.16 Å². The van der Waals surface area contributed by atoms with Crippen LogP contribution in [0.5, 0.6) is 0 Å². The third-order valence-corrected chi connectivity index (χ3v) is 8.64. The number of carbonyl (C=O) groups is 1. The van der Waals surface area contributed by atoms with Crippen LogP contribution >= 0.6 is 23.5 Å². The molecule has 1 N–H and O–H groups in total. The second kappa shape index (κ2) is 15.7. The van der Waals surface area contributed by atoms with Gasteiger partial charge in [-0.25, -0.2) is 4.98 Å². The molecule has 0 bridgehead atoms. The van der Waals surface area contributed by atoms with Crippen molar-refractivity contribution >= 4 is 40.5 Å². The second-order valence-corrected chi connectivity index (χ2v) is 11.6. The number of hydrogen-bond acceptors (Lipinski definition) is 7. The molecule has 4 aromatic rings. The number of benzene rings is 2. The van der Waals surface area contributed by atoms with Crippen LogP contribution in [-0.2, 0) is 21.8 Å². The van der Waals surface area contributed by atoms with Crippen molar-refractivity contribution in [3.05, 3.63) is 83.7 Å². The van der Waals surface area contributed by atoms with Crippen molar-refractivity contribution in [3.8, 4) is 0 Å². The van der Waals surface area contributed by atoms with Crippen LogP contribution in [0.3, 0.4) is 0 Å². The van der Waals surface area contributed by atoms with Gasteiger partial charge in [0.05, 0.1) is 23.3 Å². The van der Waals surface area contributed by atoms with Crippen LogP contribution in [0.1, 0.15) is 49.4 Å². The van der Waals surface area contributed by atoms with Crippen LogP contribution in [0.4, 0.5) is 0 Å². The maximum absolute atomic E-state index is 11.7. The standard InChI is InChI=1S/C31H38N4O2S2/c1-3-37-30(36)16-9-10-19-35(22-25-12-5-4-6-13-25)20-11-21-38-29-17-18-32-28(24(29)2)23-39-31-33-26-14-7-8-15-27(26)34-31/h4-8,12-15,17-18H,3,9-11,16,19-23H2,1-2H3,(H,33,34). The zero-order valence-corrected chi connectivity index (χ0v) is 24.5. The maximum atomic E-state index is 11.7. The van der Waals surface area contributed by atoms with Gasteiger partial charge < -0.3 is 9.72 Å². The van der Waals surface area contributed by atoms with Gasteiger partial charge in [-0.2, -0.15) is 0 Å². The normalized spacial score (nSPS) is 11.4. The third-order valence-electron chi connectivity index (χ3n) is 6.51. The Morgan fingerprint density at radius 2 is 1.77 bits per heavy atom. The van der Waals surface area contributed by atoms with E-state index in [0.717, 1.165) is 72.3 Å². The Bertz CT molecular complexity index is 1280. The van der Waals surface area contributed by atoms with Crippen molar-refractivity contribution in [1.82, 2.24) is 19.9 Å². The highest BCUT2D eigenvalue weighted by atomic mass is 32.2. The van der Waals surface area contributed by atoms with Gasteiger partial charge in [0.1, 0.15) is 0 Å². The zero-order chi connectivity index (χ0) is 27.3. The lowest BCUT2D eigenvalue weighted by molar-refractivity contribution is -0.143. The van der Waals surface area contributed by atoms with Crippen molar-refractivity contribution in [2.75, 3.05) is 25.4 Å². The summed E-state index contributed by atoms with van der Waals surface area (Å²) in [5, 5.41) is 0.927. The molecule has 0 fully saturated rings. The SMILES string of the molecule is CCOC(=O)CCCCN(CCCSc1ccnc(CSc2nc3ccccc3[nH]2)c1C)Cc1ccccc1. The van der Waals surface area contributed by atoms with Gasteiger partial charge in [-0.05, 0) is 81.3 Å². The fourth-order valence-electron chi connectivity index (χ4n) is 4.42. The third kappa shape index (κ3) is 9.41. The van der Waals surface area contributed by atoms with E-state index >= 15 is 0 Å². The summed E-state index contributed by atoms with van der Waals surface area (Å²) in [7, 11) is 0. The van der Waals surface area contributed by atoms with Crippen LogP contribution in [-0.4, -0.2) is 51.3 Å². The van der Waals surface area contributed by atoms with E-state index in [2.05, 4.69) is 69.2 Å². The Morgan fingerprint density at radius 1 is 0.974 bits per heavy atom. The highest BCUT2D eigenvalue weighted by Gasteiger charge is 2.11. The van der Waals surface area contributed by atoms with E-state index in [9.17, 15) is 4.79 Å². The Kier molecular flexibility index (Phi) is 11.7. The van der Waals surface area contributed by atoms with E-state index in [1.807, 2.05) is 43.1 Å². The van der Waals surface area contributed by atoms with Crippen LogP contribution in [0.2, 0.25) is 0 Å². The molecule has 4 rings (SSSR count). The molecule has 39 heavy (non-hydrogen) atoms. The number of imidazole rings is 1. The van der Waals surface area contributed by atoms with E-state index in [1.165, 1.54) is 16.0 Å². The minimum Gasteiger partial charge on any atom is -0.466 e. The smallest absolute Gasteiger partial charge is 0.305 e. The summed E-state index contributed by atoms with van der Waals surface area (Å²) >= 11 is 3.61. The molecule has 0 saturated heterocycles. The lowest BCUT2D eigenvalue weighted by Crippen LogP contribution is -2.26. The molecule has 2 aromatic carbocycles. The van der Waals surface area contributed by atoms with Gasteiger partial charge in [0.2, 0.25) is 0 Å². The first kappa shape index (κ1) is 29.2. The molecular formula is C31H38N4O2S2. The molecule has 0 saturated carbocycles. The lowest BCUT2D eigenvalue weighted by atomic mass is 10.2. The summed E-state index contributed by atoms with van der Waals surface area (Å²) in [5.74, 6) is 1.75. The molecule has 0 spiro atoms. The van der Waals surface area contributed by atoms with Gasteiger partial charge >= 0.3 is 5.97 Å². The summed E-state index contributed by atoms with van der Waals surface area (Å²) in [4.78, 5) is 28.2. The van der Waals surface area contributed by atoms with Crippen molar-refractivity contribution in [3.63, 3.8) is 0 Å². The summed E-state index contributed by atoms with van der Waals surface area (Å²) in [6, 6.07) is 20.9. The fourth-order valence-corrected chi connectivity index (χ4v) is 6.31. The highest BCUT2D eigenvalue weighted by Crippen LogP contribution is 2.28. The van der Waals surface area contributed by atoms with Crippen LogP contribution in [0.25, 0.3) is 11.0 Å². The average molecular weight is 563 g/mol. The number of aromatic nitrogens is 3. The molecule has 2 heterocycles. The van der Waals surface area contributed by atoms with E-state index < -0.39 is 0 Å². The van der Waals surface area contributed by atoms with Crippen molar-refractivity contribution in [1.29, 1.82) is 0 Å². The first-order valence-corrected chi connectivity index (χ1v) is 15.7. The molecule has 0 radical (unpaired) electrons. The molecule has 0 atom stereocenters. The number of rotatable bonds is 16. The minimum absolute atomic E-state index is 0.0911. The van der Waals surface area contributed by atoms with Crippen molar-refractivity contribution in [2.24, 2.45) is 0 Å². The average Bonchev–Trinajstić information content (AvgIpc) is 3.37. The number of nitrogens with zero attached hydrogens (tertiary/aromatic N) is 3. The quantitative estimate of drug-likeness (QED) is 0.0874. The molecule has 8 heteroatoms. The number of hydrogen-bond donors (Lipinski definition) is 1. The Balaban J connectivity index is 1.25. The Morgan fingerprint density at radius 3 is 2.59 bits per heavy atom. The van der Waals surface area contributed by atoms with Gasteiger partial charge in [0, 0.05) is 29.8 Å². The summed E-state index contributed by atoms with van der Waals surface area (Å²) < 4.78 is 5.07. The van der Waals surface area contributed by atoms with Gasteiger partial charge in [-0.15, -0.1) is 11.8 Å². The molecule has 0 unspecified atom stereocenters. The van der Waals surface area contributed by atoms with E-state index in [4.69, 9.17) is 4.74 Å². The zero-order valence-electron chi connectivity index (χ0n) is 22.9. The fraction of sp³-hybridized carbons (Fsp3) is 0.387. The first-order valence-electron chi connectivity index (χ1n) is 13.7. The number of para-hydroxylation sites is 2. The summed E-state index contributed by atoms with van der Waals surface area (Å²) in [6.07, 6.45) is 5.38. The topological polar surface area (TPSA) is 71.1 Å². The maximum Gasteiger partial charge on any atom is 0.305 e. The van der Waals surface area contributed by atoms with Gasteiger partial charge in [0.25, 0.3) is 0 Å². The number of unbranched alkanes of at least 4 members (excludes halogenated alkanes) is 1. The predicted molar refractivity (Wildman–Crippen MR) is 162 cm³/mol. The number of pyridine rings is 1. The number of nitrogens with one attached hydrogen (secondary N) is 1. The van der Waals surface area contributed by atoms with Crippen LogP contribution < -0.4 is 0 Å². The number of thioether (sulfide) groups is 2. The van der Waals surface area contributed by atoms with Crippen molar-refractivity contribution in [2.45, 2.75) is 61.9 Å². The second-order valence-electron chi connectivity index (χ2n) is 9.45. The Labute approximate surface area is 240 Å². The molecule has 6 nitrogen and oxygen atoms in total. The number of ether oxygens (including phenoxy) is 1. The number of esters is 1. The molecule has 206 valence electrons. The number of fused-ring (bicyclic) bond motifs is 1. The van der Waals surface area contributed by atoms with Crippen LogP contribution in [0, 0.1) is 6.92 Å².